The number of aryl methyl sites for hydroxylation is 1. The number of rotatable bonds is 2. The molecule has 1 N–H and O–H groups in total. The van der Waals surface area contributed by atoms with E-state index >= 15 is 0 Å². The van der Waals surface area contributed by atoms with Gasteiger partial charge in [0, 0.05) is 16.6 Å². The molecule has 3 nitrogen and oxygen atoms in total. The van der Waals surface area contributed by atoms with Crippen LogP contribution < -0.4 is 0 Å². The molecule has 0 spiro atoms. The lowest BCUT2D eigenvalue weighted by Gasteiger charge is -1.95. The van der Waals surface area contributed by atoms with E-state index in [9.17, 15) is 0 Å². The van der Waals surface area contributed by atoms with Crippen LogP contribution in [0.3, 0.4) is 0 Å². The summed E-state index contributed by atoms with van der Waals surface area (Å²) in [5.74, 6) is 0. The van der Waals surface area contributed by atoms with E-state index in [0.717, 1.165) is 17.0 Å². The summed E-state index contributed by atoms with van der Waals surface area (Å²) in [5, 5.41) is 17.2. The molecule has 0 aliphatic carbocycles. The molecule has 0 unspecified atom stereocenters. The maximum absolute atomic E-state index is 8.93. The van der Waals surface area contributed by atoms with Crippen molar-refractivity contribution in [3.8, 4) is 11.3 Å². The van der Waals surface area contributed by atoms with E-state index in [0.29, 0.717) is 0 Å². The van der Waals surface area contributed by atoms with Gasteiger partial charge < -0.3 is 5.11 Å². The summed E-state index contributed by atoms with van der Waals surface area (Å²) in [6, 6.07) is 3.99. The third-order valence-corrected chi connectivity index (χ3v) is 2.62. The van der Waals surface area contributed by atoms with Gasteiger partial charge in [0.15, 0.2) is 0 Å². The minimum Gasteiger partial charge on any atom is -0.374 e. The minimum atomic E-state index is -0.0596. The van der Waals surface area contributed by atoms with E-state index in [1.165, 1.54) is 0 Å². The Kier molecular flexibility index (Phi) is 2.16. The SMILES string of the molecule is Cc1cc(-c2ccsc2)nn1CO. The molecule has 0 aliphatic heterocycles. The number of hydrogen-bond donors (Lipinski definition) is 1. The third-order valence-electron chi connectivity index (χ3n) is 1.93. The van der Waals surface area contributed by atoms with E-state index in [2.05, 4.69) is 5.10 Å². The highest BCUT2D eigenvalue weighted by atomic mass is 32.1. The number of aliphatic hydroxyl groups is 1. The van der Waals surface area contributed by atoms with Crippen LogP contribution in [0.15, 0.2) is 22.9 Å². The second kappa shape index (κ2) is 3.32. The lowest BCUT2D eigenvalue weighted by molar-refractivity contribution is 0.193. The van der Waals surface area contributed by atoms with Crippen LogP contribution in [0.25, 0.3) is 11.3 Å². The molecule has 2 rings (SSSR count). The number of aliphatic hydroxyl groups excluding tert-OH is 1. The van der Waals surface area contributed by atoms with Crippen molar-refractivity contribution in [3.05, 3.63) is 28.6 Å². The van der Waals surface area contributed by atoms with Crippen molar-refractivity contribution < 1.29 is 5.11 Å². The first-order valence-corrected chi connectivity index (χ1v) is 4.93. The average Bonchev–Trinajstić information content (AvgIpc) is 2.71. The van der Waals surface area contributed by atoms with Crippen LogP contribution in [0.5, 0.6) is 0 Å². The highest BCUT2D eigenvalue weighted by Gasteiger charge is 2.05. The van der Waals surface area contributed by atoms with Crippen molar-refractivity contribution in [2.45, 2.75) is 13.7 Å². The lowest BCUT2D eigenvalue weighted by Crippen LogP contribution is -2.00. The summed E-state index contributed by atoms with van der Waals surface area (Å²) in [7, 11) is 0. The minimum absolute atomic E-state index is 0.0596. The zero-order valence-electron chi connectivity index (χ0n) is 7.27. The summed E-state index contributed by atoms with van der Waals surface area (Å²) in [6.07, 6.45) is 0. The summed E-state index contributed by atoms with van der Waals surface area (Å²) in [4.78, 5) is 0. The van der Waals surface area contributed by atoms with Crippen molar-refractivity contribution in [1.82, 2.24) is 9.78 Å². The first kappa shape index (κ1) is 8.47. The van der Waals surface area contributed by atoms with Gasteiger partial charge in [0.05, 0.1) is 5.69 Å². The van der Waals surface area contributed by atoms with Crippen molar-refractivity contribution in [2.75, 3.05) is 0 Å². The van der Waals surface area contributed by atoms with Crippen LogP contribution in [-0.2, 0) is 6.73 Å². The number of hydrogen-bond acceptors (Lipinski definition) is 3. The first-order valence-electron chi connectivity index (χ1n) is 3.99. The van der Waals surface area contributed by atoms with Crippen LogP contribution in [0.4, 0.5) is 0 Å². The van der Waals surface area contributed by atoms with Crippen LogP contribution in [0.1, 0.15) is 5.69 Å². The van der Waals surface area contributed by atoms with Gasteiger partial charge in [-0.15, -0.1) is 0 Å². The molecule has 0 saturated heterocycles. The van der Waals surface area contributed by atoms with Gasteiger partial charge in [0.2, 0.25) is 0 Å². The number of aromatic nitrogens is 2. The smallest absolute Gasteiger partial charge is 0.136 e. The predicted octanol–water partition coefficient (Wildman–Crippen LogP) is 1.87. The van der Waals surface area contributed by atoms with E-state index in [1.807, 2.05) is 29.8 Å². The van der Waals surface area contributed by atoms with Gasteiger partial charge in [0.25, 0.3) is 0 Å². The standard InChI is InChI=1S/C9H10N2OS/c1-7-4-9(10-11(7)6-12)8-2-3-13-5-8/h2-5,12H,6H2,1H3. The highest BCUT2D eigenvalue weighted by molar-refractivity contribution is 7.08. The molecule has 2 heterocycles. The molecule has 2 aromatic rings. The molecule has 0 amide bonds. The average molecular weight is 194 g/mol. The van der Waals surface area contributed by atoms with Gasteiger partial charge in [-0.2, -0.15) is 16.4 Å². The van der Waals surface area contributed by atoms with Gasteiger partial charge >= 0.3 is 0 Å². The van der Waals surface area contributed by atoms with E-state index < -0.39 is 0 Å². The molecule has 68 valence electrons. The largest absolute Gasteiger partial charge is 0.374 e. The third kappa shape index (κ3) is 1.50. The summed E-state index contributed by atoms with van der Waals surface area (Å²) < 4.78 is 1.58. The quantitative estimate of drug-likeness (QED) is 0.792. The van der Waals surface area contributed by atoms with Crippen LogP contribution in [0, 0.1) is 6.92 Å². The summed E-state index contributed by atoms with van der Waals surface area (Å²) >= 11 is 1.65. The van der Waals surface area contributed by atoms with E-state index in [1.54, 1.807) is 16.0 Å². The molecule has 0 saturated carbocycles. The molecule has 0 bridgehead atoms. The van der Waals surface area contributed by atoms with Gasteiger partial charge in [-0.3, -0.25) is 0 Å². The van der Waals surface area contributed by atoms with Crippen LogP contribution in [-0.4, -0.2) is 14.9 Å². The molecular formula is C9H10N2OS. The van der Waals surface area contributed by atoms with Crippen LogP contribution >= 0.6 is 11.3 Å². The second-order valence-corrected chi connectivity index (χ2v) is 3.60. The van der Waals surface area contributed by atoms with Gasteiger partial charge in [-0.1, -0.05) is 0 Å². The van der Waals surface area contributed by atoms with Crippen LogP contribution in [0.2, 0.25) is 0 Å². The summed E-state index contributed by atoms with van der Waals surface area (Å²) in [5.41, 5.74) is 3.01. The Morgan fingerprint density at radius 3 is 3.00 bits per heavy atom. The highest BCUT2D eigenvalue weighted by Crippen LogP contribution is 2.21. The molecule has 4 heteroatoms. The Morgan fingerprint density at radius 2 is 2.46 bits per heavy atom. The maximum atomic E-state index is 8.93. The summed E-state index contributed by atoms with van der Waals surface area (Å²) in [6.45, 7) is 1.87. The zero-order valence-corrected chi connectivity index (χ0v) is 8.08. The van der Waals surface area contributed by atoms with Gasteiger partial charge in [-0.05, 0) is 24.4 Å². The maximum Gasteiger partial charge on any atom is 0.136 e. The fourth-order valence-electron chi connectivity index (χ4n) is 1.20. The van der Waals surface area contributed by atoms with Crippen molar-refractivity contribution >= 4 is 11.3 Å². The molecule has 0 radical (unpaired) electrons. The zero-order chi connectivity index (χ0) is 9.26. The topological polar surface area (TPSA) is 38.0 Å². The normalized spacial score (nSPS) is 10.6. The molecule has 0 fully saturated rings. The van der Waals surface area contributed by atoms with E-state index in [4.69, 9.17) is 5.11 Å². The van der Waals surface area contributed by atoms with Crippen molar-refractivity contribution in [3.63, 3.8) is 0 Å². The van der Waals surface area contributed by atoms with E-state index in [-0.39, 0.29) is 6.73 Å². The molecule has 0 aliphatic rings. The number of nitrogens with zero attached hydrogens (tertiary/aromatic N) is 2. The number of thiophene rings is 1. The first-order chi connectivity index (χ1) is 6.31. The molecule has 13 heavy (non-hydrogen) atoms. The fourth-order valence-corrected chi connectivity index (χ4v) is 1.85. The Hall–Kier alpha value is -1.13. The Bertz CT molecular complexity index is 392. The Balaban J connectivity index is 2.43. The molecular weight excluding hydrogens is 184 g/mol. The Morgan fingerprint density at radius 1 is 1.62 bits per heavy atom. The molecule has 0 aromatic carbocycles. The van der Waals surface area contributed by atoms with Crippen molar-refractivity contribution in [2.24, 2.45) is 0 Å². The van der Waals surface area contributed by atoms with Crippen molar-refractivity contribution in [1.29, 1.82) is 0 Å². The molecule has 0 atom stereocenters. The fraction of sp³-hybridized carbons (Fsp3) is 0.222. The molecule has 2 aromatic heterocycles. The second-order valence-electron chi connectivity index (χ2n) is 2.82. The lowest BCUT2D eigenvalue weighted by atomic mass is 10.2. The van der Waals surface area contributed by atoms with Gasteiger partial charge in [0.1, 0.15) is 6.73 Å². The van der Waals surface area contributed by atoms with Gasteiger partial charge in [-0.25, -0.2) is 4.68 Å². The Labute approximate surface area is 80.3 Å². The monoisotopic (exact) mass is 194 g/mol. The predicted molar refractivity (Wildman–Crippen MR) is 52.5 cm³/mol.